The quantitative estimate of drug-likeness (QED) is 0.0423. The maximum absolute atomic E-state index is 13.5. The molecular formula is C44H49N5O10S. The van der Waals surface area contributed by atoms with Crippen LogP contribution in [0.3, 0.4) is 0 Å². The number of hydrogen-bond acceptors (Lipinski definition) is 10. The zero-order valence-corrected chi connectivity index (χ0v) is 35.1. The van der Waals surface area contributed by atoms with E-state index < -0.39 is 22.0 Å². The van der Waals surface area contributed by atoms with E-state index in [0.717, 1.165) is 22.8 Å². The third-order valence-electron chi connectivity index (χ3n) is 9.27. The number of fused-ring (bicyclic) bond motifs is 1. The number of hydrogen-bond donors (Lipinski definition) is 5. The molecule has 0 bridgehead atoms. The Balaban J connectivity index is 1.27. The van der Waals surface area contributed by atoms with E-state index in [2.05, 4.69) is 25.7 Å². The van der Waals surface area contributed by atoms with Gasteiger partial charge in [0, 0.05) is 54.5 Å². The fourth-order valence-corrected chi connectivity index (χ4v) is 6.90. The molecule has 0 aliphatic heterocycles. The highest BCUT2D eigenvalue weighted by Gasteiger charge is 2.23. The lowest BCUT2D eigenvalue weighted by atomic mass is 9.86. The lowest BCUT2D eigenvalue weighted by Gasteiger charge is -2.24. The summed E-state index contributed by atoms with van der Waals surface area (Å²) in [4.78, 5) is 53.4. The summed E-state index contributed by atoms with van der Waals surface area (Å²) < 4.78 is 44.3. The van der Waals surface area contributed by atoms with Crippen molar-refractivity contribution in [3.63, 3.8) is 0 Å². The summed E-state index contributed by atoms with van der Waals surface area (Å²) in [5.74, 6) is 0.0664. The molecule has 0 fully saturated rings. The van der Waals surface area contributed by atoms with Crippen LogP contribution in [0, 0.1) is 0 Å². The largest absolute Gasteiger partial charge is 0.496 e. The van der Waals surface area contributed by atoms with Crippen molar-refractivity contribution < 1.29 is 46.9 Å². The van der Waals surface area contributed by atoms with Crippen molar-refractivity contribution in [1.29, 1.82) is 0 Å². The zero-order chi connectivity index (χ0) is 43.6. The number of benzene rings is 4. The Morgan fingerprint density at radius 3 is 2.18 bits per heavy atom. The highest BCUT2D eigenvalue weighted by molar-refractivity contribution is 7.92. The van der Waals surface area contributed by atoms with Crippen LogP contribution in [0.2, 0.25) is 0 Å². The first-order valence-electron chi connectivity index (χ1n) is 19.1. The number of nitrogens with zero attached hydrogens (tertiary/aromatic N) is 1. The van der Waals surface area contributed by atoms with Crippen molar-refractivity contribution in [3.05, 3.63) is 107 Å². The standard InChI is InChI=1S/C44H49N5O10S/c1-44(2,3)28-24-35(42(58-5)36(25-28)49-60(6,55)56)48-43(54)47-34-15-16-38(32-11-8-7-10-31(32)34)59-30-19-21-45-29(26-30)22-27-13-14-33(39(23-27)57-4)37(50)12-9-20-46-40(51)17-18-41(52)53/h7-8,10-11,13-16,19,21,23-26,49H,9,12,17-18,20,22H2,1-6H3,(H,46,51)(H,52,53)(H2,47,48,54). The highest BCUT2D eigenvalue weighted by Crippen LogP contribution is 2.40. The summed E-state index contributed by atoms with van der Waals surface area (Å²) in [5.41, 5.74) is 3.33. The Labute approximate surface area is 348 Å². The summed E-state index contributed by atoms with van der Waals surface area (Å²) >= 11 is 0. The molecule has 3 amide bonds. The first-order chi connectivity index (χ1) is 28.4. The summed E-state index contributed by atoms with van der Waals surface area (Å²) in [6, 6.07) is 22.7. The van der Waals surface area contributed by atoms with Gasteiger partial charge in [0.1, 0.15) is 17.2 Å². The molecule has 0 saturated heterocycles. The van der Waals surface area contributed by atoms with Gasteiger partial charge in [-0.1, -0.05) is 51.1 Å². The first-order valence-corrected chi connectivity index (χ1v) is 20.9. The average Bonchev–Trinajstić information content (AvgIpc) is 3.18. The monoisotopic (exact) mass is 839 g/mol. The number of carbonyl (C=O) groups is 4. The van der Waals surface area contributed by atoms with Gasteiger partial charge in [0.15, 0.2) is 11.5 Å². The van der Waals surface area contributed by atoms with Gasteiger partial charge >= 0.3 is 12.0 Å². The minimum Gasteiger partial charge on any atom is -0.496 e. The highest BCUT2D eigenvalue weighted by atomic mass is 32.2. The molecule has 0 aliphatic carbocycles. The molecule has 0 saturated carbocycles. The number of methoxy groups -OCH3 is 2. The number of carbonyl (C=O) groups excluding carboxylic acids is 3. The smallest absolute Gasteiger partial charge is 0.323 e. The van der Waals surface area contributed by atoms with E-state index in [9.17, 15) is 27.6 Å². The molecule has 0 atom stereocenters. The molecule has 4 aromatic carbocycles. The maximum Gasteiger partial charge on any atom is 0.323 e. The van der Waals surface area contributed by atoms with E-state index in [1.165, 1.54) is 14.2 Å². The van der Waals surface area contributed by atoms with Crippen LogP contribution in [0.5, 0.6) is 23.0 Å². The summed E-state index contributed by atoms with van der Waals surface area (Å²) in [7, 11) is -0.772. The average molecular weight is 840 g/mol. The Bertz CT molecular complexity index is 2520. The molecule has 5 rings (SSSR count). The molecule has 5 aromatic rings. The van der Waals surface area contributed by atoms with E-state index >= 15 is 0 Å². The number of rotatable bonds is 18. The van der Waals surface area contributed by atoms with Crippen molar-refractivity contribution in [2.24, 2.45) is 0 Å². The van der Waals surface area contributed by atoms with E-state index in [0.29, 0.717) is 52.4 Å². The van der Waals surface area contributed by atoms with Crippen LogP contribution >= 0.6 is 0 Å². The fourth-order valence-electron chi connectivity index (χ4n) is 6.34. The molecule has 1 aromatic heterocycles. The zero-order valence-electron chi connectivity index (χ0n) is 34.3. The minimum atomic E-state index is -3.66. The number of carboxylic acid groups (broad SMARTS) is 1. The van der Waals surface area contributed by atoms with E-state index in [-0.39, 0.29) is 60.0 Å². The minimum absolute atomic E-state index is 0.114. The van der Waals surface area contributed by atoms with Gasteiger partial charge in [-0.05, 0) is 65.4 Å². The number of ketones is 1. The molecule has 5 N–H and O–H groups in total. The molecule has 16 heteroatoms. The second kappa shape index (κ2) is 19.4. The predicted molar refractivity (Wildman–Crippen MR) is 230 cm³/mol. The first kappa shape index (κ1) is 44.4. The molecule has 0 radical (unpaired) electrons. The molecule has 1 heterocycles. The second-order valence-electron chi connectivity index (χ2n) is 15.0. The molecule has 0 spiro atoms. The number of Topliss-reactive ketones (excluding diaryl/α,β-unsaturated/α-hetero) is 1. The van der Waals surface area contributed by atoms with Gasteiger partial charge in [0.2, 0.25) is 15.9 Å². The van der Waals surface area contributed by atoms with Gasteiger partial charge < -0.3 is 35.3 Å². The summed E-state index contributed by atoms with van der Waals surface area (Å²) in [6.07, 6.45) is 3.29. The van der Waals surface area contributed by atoms with Gasteiger partial charge in [0.05, 0.1) is 49.5 Å². The van der Waals surface area contributed by atoms with E-state index in [4.69, 9.17) is 19.3 Å². The lowest BCUT2D eigenvalue weighted by molar-refractivity contribution is -0.138. The van der Waals surface area contributed by atoms with E-state index in [1.807, 2.05) is 57.2 Å². The Morgan fingerprint density at radius 1 is 0.783 bits per heavy atom. The maximum atomic E-state index is 13.5. The van der Waals surface area contributed by atoms with Gasteiger partial charge in [-0.3, -0.25) is 24.1 Å². The normalized spacial score (nSPS) is 11.4. The number of sulfonamides is 1. The topological polar surface area (TPSA) is 211 Å². The number of aliphatic carboxylic acids is 1. The van der Waals surface area contributed by atoms with Crippen LogP contribution < -0.4 is 34.9 Å². The fraction of sp³-hybridized carbons (Fsp3) is 0.295. The number of carboxylic acids is 1. The van der Waals surface area contributed by atoms with Gasteiger partial charge in [0.25, 0.3) is 0 Å². The Hall–Kier alpha value is -6.68. The summed E-state index contributed by atoms with van der Waals surface area (Å²) in [6.45, 7) is 6.17. The summed E-state index contributed by atoms with van der Waals surface area (Å²) in [5, 5.41) is 18.5. The third kappa shape index (κ3) is 12.2. The third-order valence-corrected chi connectivity index (χ3v) is 9.86. The number of nitrogens with one attached hydrogen (secondary N) is 4. The van der Waals surface area contributed by atoms with Crippen molar-refractivity contribution in [3.8, 4) is 23.0 Å². The van der Waals surface area contributed by atoms with Crippen LogP contribution in [0.4, 0.5) is 21.9 Å². The van der Waals surface area contributed by atoms with Gasteiger partial charge in [-0.15, -0.1) is 0 Å². The SMILES string of the molecule is COc1cc(Cc2cc(Oc3ccc(NC(=O)Nc4cc(C(C)(C)C)cc(NS(C)(=O)=O)c4OC)c4ccccc34)ccn2)ccc1C(=O)CCCNC(=O)CCC(=O)O. The Morgan fingerprint density at radius 2 is 1.50 bits per heavy atom. The second-order valence-corrected chi connectivity index (χ2v) is 16.8. The number of urea groups is 1. The van der Waals surface area contributed by atoms with Gasteiger partial charge in [-0.25, -0.2) is 13.2 Å². The van der Waals surface area contributed by atoms with Crippen molar-refractivity contribution in [2.75, 3.05) is 42.4 Å². The molecule has 15 nitrogen and oxygen atoms in total. The number of aromatic nitrogens is 1. The number of pyridine rings is 1. The van der Waals surface area contributed by atoms with Crippen molar-refractivity contribution >= 4 is 61.5 Å². The van der Waals surface area contributed by atoms with Crippen LogP contribution in [0.15, 0.2) is 85.1 Å². The van der Waals surface area contributed by atoms with Crippen LogP contribution in [-0.2, 0) is 31.4 Å². The number of anilines is 3. The van der Waals surface area contributed by atoms with Crippen LogP contribution in [0.25, 0.3) is 10.8 Å². The predicted octanol–water partition coefficient (Wildman–Crippen LogP) is 7.89. The molecule has 60 heavy (non-hydrogen) atoms. The van der Waals surface area contributed by atoms with Crippen LogP contribution in [0.1, 0.15) is 73.6 Å². The molecule has 0 unspecified atom stereocenters. The van der Waals surface area contributed by atoms with Crippen molar-refractivity contribution in [2.45, 2.75) is 58.3 Å². The molecular weight excluding hydrogens is 791 g/mol. The van der Waals surface area contributed by atoms with E-state index in [1.54, 1.807) is 48.7 Å². The van der Waals surface area contributed by atoms with Crippen molar-refractivity contribution in [1.82, 2.24) is 10.3 Å². The Kier molecular flexibility index (Phi) is 14.3. The number of amides is 3. The number of ether oxygens (including phenoxy) is 3. The molecule has 316 valence electrons. The molecule has 0 aliphatic rings. The van der Waals surface area contributed by atoms with Gasteiger partial charge in [-0.2, -0.15) is 0 Å². The lowest BCUT2D eigenvalue weighted by Crippen LogP contribution is -2.25. The van der Waals surface area contributed by atoms with Crippen LogP contribution in [-0.4, -0.2) is 69.2 Å².